The minimum atomic E-state index is -4.36. The van der Waals surface area contributed by atoms with Gasteiger partial charge in [0.05, 0.1) is 20.3 Å². The minimum absolute atomic E-state index is 0.0385. The summed E-state index contributed by atoms with van der Waals surface area (Å²) in [7, 11) is 0.282. The summed E-state index contributed by atoms with van der Waals surface area (Å²) in [5.74, 6) is -0.853. The molecule has 0 aromatic carbocycles. The highest BCUT2D eigenvalue weighted by atomic mass is 31.2. The largest absolute Gasteiger partial charge is 0.472 e. The Morgan fingerprint density at radius 1 is 1.25 bits per heavy atom. The molecule has 0 fully saturated rings. The molecule has 0 saturated heterocycles. The molecule has 0 bridgehead atoms. The van der Waals surface area contributed by atoms with Gasteiger partial charge >= 0.3 is 19.9 Å². The number of amides is 1. The molecular weight excluding hydrogens is 343 g/mol. The fourth-order valence-corrected chi connectivity index (χ4v) is 2.03. The molecule has 10 nitrogen and oxygen atoms in total. The standard InChI is InChI=1S/C13H27N2O8P/c1-13(2,3)23-12(17)14-10(11(16)20-6)9-22-24(18,19)21-8-7-15(4)5/h10H,7-9H2,1-6H3,(H,14,17)(H,18,19). The van der Waals surface area contributed by atoms with Crippen molar-refractivity contribution in [2.45, 2.75) is 32.4 Å². The van der Waals surface area contributed by atoms with Crippen LogP contribution in [0.1, 0.15) is 20.8 Å². The van der Waals surface area contributed by atoms with Crippen molar-refractivity contribution in [2.24, 2.45) is 0 Å². The van der Waals surface area contributed by atoms with Crippen LogP contribution in [0.4, 0.5) is 4.79 Å². The molecule has 0 aliphatic rings. The van der Waals surface area contributed by atoms with E-state index in [1.165, 1.54) is 0 Å². The molecule has 0 aromatic rings. The smallest absolute Gasteiger partial charge is 0.467 e. The van der Waals surface area contributed by atoms with Gasteiger partial charge in [-0.15, -0.1) is 0 Å². The van der Waals surface area contributed by atoms with Crippen molar-refractivity contribution in [3.05, 3.63) is 0 Å². The molecule has 2 unspecified atom stereocenters. The number of nitrogens with zero attached hydrogens (tertiary/aromatic N) is 1. The van der Waals surface area contributed by atoms with Gasteiger partial charge in [0.15, 0.2) is 6.04 Å². The SMILES string of the molecule is COC(=O)C(COP(=O)(O)OCCN(C)C)NC(=O)OC(C)(C)C. The lowest BCUT2D eigenvalue weighted by molar-refractivity contribution is -0.144. The molecule has 2 N–H and O–H groups in total. The van der Waals surface area contributed by atoms with Gasteiger partial charge in [-0.05, 0) is 34.9 Å². The minimum Gasteiger partial charge on any atom is -0.467 e. The van der Waals surface area contributed by atoms with E-state index >= 15 is 0 Å². The highest BCUT2D eigenvalue weighted by molar-refractivity contribution is 7.47. The number of hydrogen-bond donors (Lipinski definition) is 2. The first-order valence-electron chi connectivity index (χ1n) is 7.20. The molecule has 0 saturated carbocycles. The molecule has 0 spiro atoms. The molecule has 2 atom stereocenters. The van der Waals surface area contributed by atoms with Gasteiger partial charge < -0.3 is 24.6 Å². The zero-order valence-corrected chi connectivity index (χ0v) is 15.8. The summed E-state index contributed by atoms with van der Waals surface area (Å²) in [6, 6.07) is -1.32. The highest BCUT2D eigenvalue weighted by Gasteiger charge is 2.29. The average Bonchev–Trinajstić information content (AvgIpc) is 2.39. The highest BCUT2D eigenvalue weighted by Crippen LogP contribution is 2.43. The van der Waals surface area contributed by atoms with Crippen LogP contribution < -0.4 is 5.32 Å². The lowest BCUT2D eigenvalue weighted by atomic mass is 10.2. The maximum atomic E-state index is 11.7. The quantitative estimate of drug-likeness (QED) is 0.447. The maximum absolute atomic E-state index is 11.7. The van der Waals surface area contributed by atoms with Crippen LogP contribution in [-0.2, 0) is 27.9 Å². The molecule has 1 amide bonds. The van der Waals surface area contributed by atoms with Crippen molar-refractivity contribution in [1.82, 2.24) is 10.2 Å². The first-order valence-corrected chi connectivity index (χ1v) is 8.70. The van der Waals surface area contributed by atoms with Crippen molar-refractivity contribution in [1.29, 1.82) is 0 Å². The second-order valence-corrected chi connectivity index (χ2v) is 7.58. The number of phosphoric ester groups is 1. The number of hydrogen-bond acceptors (Lipinski definition) is 8. The van der Waals surface area contributed by atoms with E-state index in [0.29, 0.717) is 6.54 Å². The van der Waals surface area contributed by atoms with Crippen molar-refractivity contribution in [3.8, 4) is 0 Å². The molecule has 0 rings (SSSR count). The molecule has 0 aliphatic carbocycles. The number of ether oxygens (including phenoxy) is 2. The van der Waals surface area contributed by atoms with Crippen LogP contribution in [0.5, 0.6) is 0 Å². The van der Waals surface area contributed by atoms with Gasteiger partial charge in [-0.2, -0.15) is 0 Å². The number of esters is 1. The summed E-state index contributed by atoms with van der Waals surface area (Å²) in [6.45, 7) is 4.71. The third kappa shape index (κ3) is 11.4. The van der Waals surface area contributed by atoms with E-state index in [1.807, 2.05) is 0 Å². The van der Waals surface area contributed by atoms with Crippen LogP contribution in [-0.4, -0.2) is 74.5 Å². The lowest BCUT2D eigenvalue weighted by Crippen LogP contribution is -2.46. The van der Waals surface area contributed by atoms with Gasteiger partial charge in [-0.3, -0.25) is 9.05 Å². The first-order chi connectivity index (χ1) is 10.9. The van der Waals surface area contributed by atoms with Crippen LogP contribution >= 0.6 is 7.82 Å². The fraction of sp³-hybridized carbons (Fsp3) is 0.846. The number of rotatable bonds is 9. The summed E-state index contributed by atoms with van der Waals surface area (Å²) in [4.78, 5) is 34.6. The number of methoxy groups -OCH3 is 1. The van der Waals surface area contributed by atoms with E-state index in [0.717, 1.165) is 7.11 Å². The number of nitrogens with one attached hydrogen (secondary N) is 1. The Bertz CT molecular complexity index is 463. The number of alkyl carbamates (subject to hydrolysis) is 1. The molecule has 0 heterocycles. The number of phosphoric acid groups is 1. The fourth-order valence-electron chi connectivity index (χ4n) is 1.31. The van der Waals surface area contributed by atoms with E-state index in [-0.39, 0.29) is 6.61 Å². The second kappa shape index (κ2) is 9.95. The molecule has 0 radical (unpaired) electrons. The molecule has 0 aromatic heterocycles. The van der Waals surface area contributed by atoms with Gasteiger partial charge in [0.1, 0.15) is 5.60 Å². The number of likely N-dealkylation sites (N-methyl/N-ethyl adjacent to an activating group) is 1. The predicted molar refractivity (Wildman–Crippen MR) is 85.5 cm³/mol. The molecule has 24 heavy (non-hydrogen) atoms. The molecule has 142 valence electrons. The van der Waals surface area contributed by atoms with Crippen LogP contribution in [0.3, 0.4) is 0 Å². The molecule has 11 heteroatoms. The van der Waals surface area contributed by atoms with Gasteiger partial charge in [0, 0.05) is 6.54 Å². The van der Waals surface area contributed by atoms with Crippen molar-refractivity contribution < 1.29 is 37.6 Å². The van der Waals surface area contributed by atoms with Crippen molar-refractivity contribution in [3.63, 3.8) is 0 Å². The number of carbonyl (C=O) groups excluding carboxylic acids is 2. The summed E-state index contributed by atoms with van der Waals surface area (Å²) in [6.07, 6.45) is -0.886. The van der Waals surface area contributed by atoms with Crippen molar-refractivity contribution >= 4 is 19.9 Å². The van der Waals surface area contributed by atoms with Gasteiger partial charge in [0.25, 0.3) is 0 Å². The number of carbonyl (C=O) groups is 2. The Kier molecular flexibility index (Phi) is 9.46. The van der Waals surface area contributed by atoms with Crippen LogP contribution in [0.15, 0.2) is 0 Å². The Hall–Kier alpha value is -1.19. The van der Waals surface area contributed by atoms with Gasteiger partial charge in [-0.25, -0.2) is 14.2 Å². The first kappa shape index (κ1) is 22.8. The van der Waals surface area contributed by atoms with Crippen LogP contribution in [0.25, 0.3) is 0 Å². The topological polar surface area (TPSA) is 124 Å². The van der Waals surface area contributed by atoms with Crippen LogP contribution in [0.2, 0.25) is 0 Å². The average molecular weight is 370 g/mol. The zero-order valence-electron chi connectivity index (χ0n) is 14.9. The van der Waals surface area contributed by atoms with E-state index < -0.39 is 38.1 Å². The van der Waals surface area contributed by atoms with E-state index in [9.17, 15) is 19.0 Å². The Balaban J connectivity index is 4.60. The summed E-state index contributed by atoms with van der Waals surface area (Å²) in [5.41, 5.74) is -0.771. The Labute approximate surface area is 142 Å². The normalized spacial score (nSPS) is 15.5. The van der Waals surface area contributed by atoms with E-state index in [4.69, 9.17) is 13.8 Å². The molecule has 0 aliphatic heterocycles. The summed E-state index contributed by atoms with van der Waals surface area (Å²) >= 11 is 0. The van der Waals surface area contributed by atoms with Gasteiger partial charge in [-0.1, -0.05) is 0 Å². The van der Waals surface area contributed by atoms with Crippen molar-refractivity contribution in [2.75, 3.05) is 41.0 Å². The zero-order chi connectivity index (χ0) is 19.0. The van der Waals surface area contributed by atoms with E-state index in [2.05, 4.69) is 10.1 Å². The lowest BCUT2D eigenvalue weighted by Gasteiger charge is -2.23. The Morgan fingerprint density at radius 2 is 1.83 bits per heavy atom. The Morgan fingerprint density at radius 3 is 2.29 bits per heavy atom. The third-order valence-corrected chi connectivity index (χ3v) is 3.36. The maximum Gasteiger partial charge on any atom is 0.472 e. The monoisotopic (exact) mass is 370 g/mol. The predicted octanol–water partition coefficient (Wildman–Crippen LogP) is 0.748. The second-order valence-electron chi connectivity index (χ2n) is 6.12. The van der Waals surface area contributed by atoms with Gasteiger partial charge in [0.2, 0.25) is 0 Å². The van der Waals surface area contributed by atoms with E-state index in [1.54, 1.807) is 39.8 Å². The van der Waals surface area contributed by atoms with Crippen LogP contribution in [0, 0.1) is 0 Å². The molecular formula is C13H27N2O8P. The summed E-state index contributed by atoms with van der Waals surface area (Å²) < 4.78 is 30.7. The third-order valence-electron chi connectivity index (χ3n) is 2.37. The summed E-state index contributed by atoms with van der Waals surface area (Å²) in [5, 5.41) is 2.21.